The molecule has 2 rings (SSSR count). The van der Waals surface area contributed by atoms with Crippen LogP contribution in [0.5, 0.6) is 5.75 Å². The first-order valence-corrected chi connectivity index (χ1v) is 7.22. The van der Waals surface area contributed by atoms with Crippen molar-refractivity contribution in [2.24, 2.45) is 5.73 Å². The van der Waals surface area contributed by atoms with Gasteiger partial charge in [0.15, 0.2) is 0 Å². The molecule has 0 aliphatic rings. The zero-order valence-corrected chi connectivity index (χ0v) is 12.5. The van der Waals surface area contributed by atoms with Gasteiger partial charge in [-0.25, -0.2) is 0 Å². The molecular weight excluding hydrogens is 302 g/mol. The molecule has 0 spiro atoms. The van der Waals surface area contributed by atoms with Crippen molar-refractivity contribution in [2.45, 2.75) is 25.5 Å². The van der Waals surface area contributed by atoms with Crippen molar-refractivity contribution in [1.82, 2.24) is 0 Å². The standard InChI is InChI=1S/C16H18BrNO/c1-2-15(18)16(12-7-6-8-13(17)11-12)19-14-9-4-3-5-10-14/h3-11,15-16H,2,18H2,1H3. The predicted octanol–water partition coefficient (Wildman–Crippen LogP) is 4.31. The highest BCUT2D eigenvalue weighted by atomic mass is 79.9. The second kappa shape index (κ2) is 6.73. The number of hydrogen-bond acceptors (Lipinski definition) is 2. The van der Waals surface area contributed by atoms with Gasteiger partial charge in [-0.1, -0.05) is 53.2 Å². The fourth-order valence-electron chi connectivity index (χ4n) is 1.95. The molecule has 2 aromatic carbocycles. The molecule has 2 nitrogen and oxygen atoms in total. The van der Waals surface area contributed by atoms with Crippen LogP contribution >= 0.6 is 15.9 Å². The molecule has 2 N–H and O–H groups in total. The Kier molecular flexibility index (Phi) is 5.00. The molecule has 0 amide bonds. The van der Waals surface area contributed by atoms with E-state index in [1.54, 1.807) is 0 Å². The topological polar surface area (TPSA) is 35.2 Å². The van der Waals surface area contributed by atoms with Crippen LogP contribution in [0.4, 0.5) is 0 Å². The van der Waals surface area contributed by atoms with Crippen molar-refractivity contribution in [3.8, 4) is 5.75 Å². The monoisotopic (exact) mass is 319 g/mol. The largest absolute Gasteiger partial charge is 0.484 e. The van der Waals surface area contributed by atoms with Crippen molar-refractivity contribution >= 4 is 15.9 Å². The molecule has 0 saturated carbocycles. The zero-order valence-electron chi connectivity index (χ0n) is 10.9. The number of para-hydroxylation sites is 1. The van der Waals surface area contributed by atoms with Crippen molar-refractivity contribution in [3.05, 3.63) is 64.6 Å². The molecule has 2 aromatic rings. The Bertz CT molecular complexity index is 515. The van der Waals surface area contributed by atoms with E-state index in [2.05, 4.69) is 28.9 Å². The Labute approximate surface area is 122 Å². The van der Waals surface area contributed by atoms with Crippen LogP contribution < -0.4 is 10.5 Å². The van der Waals surface area contributed by atoms with E-state index in [-0.39, 0.29) is 12.1 Å². The van der Waals surface area contributed by atoms with Crippen molar-refractivity contribution in [2.75, 3.05) is 0 Å². The first-order valence-electron chi connectivity index (χ1n) is 6.43. The second-order valence-corrected chi connectivity index (χ2v) is 5.39. The van der Waals surface area contributed by atoms with Gasteiger partial charge in [0.05, 0.1) is 0 Å². The molecule has 3 heteroatoms. The highest BCUT2D eigenvalue weighted by molar-refractivity contribution is 9.10. The van der Waals surface area contributed by atoms with Gasteiger partial charge in [-0.05, 0) is 36.2 Å². The average Bonchev–Trinajstić information content (AvgIpc) is 2.45. The second-order valence-electron chi connectivity index (χ2n) is 4.48. The van der Waals surface area contributed by atoms with Crippen molar-refractivity contribution < 1.29 is 4.74 Å². The minimum Gasteiger partial charge on any atom is -0.484 e. The third-order valence-electron chi connectivity index (χ3n) is 3.04. The quantitative estimate of drug-likeness (QED) is 0.891. The zero-order chi connectivity index (χ0) is 13.7. The first-order chi connectivity index (χ1) is 9.20. The summed E-state index contributed by atoms with van der Waals surface area (Å²) in [4.78, 5) is 0. The minimum atomic E-state index is -0.134. The smallest absolute Gasteiger partial charge is 0.139 e. The number of hydrogen-bond donors (Lipinski definition) is 1. The van der Waals surface area contributed by atoms with Crippen LogP contribution in [0.1, 0.15) is 25.0 Å². The van der Waals surface area contributed by atoms with Gasteiger partial charge in [0, 0.05) is 10.5 Å². The maximum Gasteiger partial charge on any atom is 0.139 e. The van der Waals surface area contributed by atoms with Crippen LogP contribution in [0.3, 0.4) is 0 Å². The summed E-state index contributed by atoms with van der Waals surface area (Å²) in [6.45, 7) is 2.07. The fraction of sp³-hybridized carbons (Fsp3) is 0.250. The molecule has 0 aliphatic heterocycles. The Hall–Kier alpha value is -1.32. The van der Waals surface area contributed by atoms with Gasteiger partial charge in [-0.15, -0.1) is 0 Å². The molecule has 0 bridgehead atoms. The first kappa shape index (κ1) is 14.1. The van der Waals surface area contributed by atoms with Crippen LogP contribution in [0.2, 0.25) is 0 Å². The van der Waals surface area contributed by atoms with E-state index in [0.717, 1.165) is 22.2 Å². The van der Waals surface area contributed by atoms with Crippen molar-refractivity contribution in [3.63, 3.8) is 0 Å². The van der Waals surface area contributed by atoms with Crippen LogP contribution in [0.15, 0.2) is 59.1 Å². The van der Waals surface area contributed by atoms with Gasteiger partial charge >= 0.3 is 0 Å². The Morgan fingerprint density at radius 3 is 2.47 bits per heavy atom. The summed E-state index contributed by atoms with van der Waals surface area (Å²) < 4.78 is 7.10. The summed E-state index contributed by atoms with van der Waals surface area (Å²) in [6, 6.07) is 17.9. The SMILES string of the molecule is CCC(N)C(Oc1ccccc1)c1cccc(Br)c1. The van der Waals surface area contributed by atoms with Crippen LogP contribution in [0.25, 0.3) is 0 Å². The molecule has 0 saturated heterocycles. The number of halogens is 1. The molecular formula is C16H18BrNO. The summed E-state index contributed by atoms with van der Waals surface area (Å²) in [5, 5.41) is 0. The lowest BCUT2D eigenvalue weighted by Crippen LogP contribution is -2.31. The van der Waals surface area contributed by atoms with Crippen LogP contribution in [-0.4, -0.2) is 6.04 Å². The minimum absolute atomic E-state index is 0.0329. The van der Waals surface area contributed by atoms with Gasteiger partial charge in [0.1, 0.15) is 11.9 Å². The van der Waals surface area contributed by atoms with Gasteiger partial charge in [-0.2, -0.15) is 0 Å². The molecule has 0 radical (unpaired) electrons. The van der Waals surface area contributed by atoms with Crippen LogP contribution in [0, 0.1) is 0 Å². The fourth-order valence-corrected chi connectivity index (χ4v) is 2.36. The summed E-state index contributed by atoms with van der Waals surface area (Å²) in [6.07, 6.45) is 0.731. The maximum absolute atomic E-state index is 6.21. The molecule has 0 heterocycles. The van der Waals surface area contributed by atoms with E-state index in [0.29, 0.717) is 0 Å². The summed E-state index contributed by atoms with van der Waals surface area (Å²) in [5.41, 5.74) is 7.30. The lowest BCUT2D eigenvalue weighted by Gasteiger charge is -2.25. The molecule has 2 atom stereocenters. The van der Waals surface area contributed by atoms with E-state index in [4.69, 9.17) is 10.5 Å². The highest BCUT2D eigenvalue weighted by Gasteiger charge is 2.20. The van der Waals surface area contributed by atoms with Gasteiger partial charge in [0.2, 0.25) is 0 Å². The van der Waals surface area contributed by atoms with E-state index in [9.17, 15) is 0 Å². The lowest BCUT2D eigenvalue weighted by molar-refractivity contribution is 0.171. The lowest BCUT2D eigenvalue weighted by atomic mass is 10.0. The number of nitrogens with two attached hydrogens (primary N) is 1. The van der Waals surface area contributed by atoms with Gasteiger partial charge in [0.25, 0.3) is 0 Å². The number of benzene rings is 2. The maximum atomic E-state index is 6.21. The Balaban J connectivity index is 2.26. The number of ether oxygens (including phenoxy) is 1. The third kappa shape index (κ3) is 3.82. The van der Waals surface area contributed by atoms with Crippen molar-refractivity contribution in [1.29, 1.82) is 0 Å². The summed E-state index contributed by atoms with van der Waals surface area (Å²) in [7, 11) is 0. The van der Waals surface area contributed by atoms with Gasteiger partial charge < -0.3 is 10.5 Å². The molecule has 100 valence electrons. The highest BCUT2D eigenvalue weighted by Crippen LogP contribution is 2.27. The number of rotatable bonds is 5. The molecule has 0 fully saturated rings. The summed E-state index contributed by atoms with van der Waals surface area (Å²) in [5.74, 6) is 0.844. The van der Waals surface area contributed by atoms with E-state index >= 15 is 0 Å². The van der Waals surface area contributed by atoms with Crippen LogP contribution in [-0.2, 0) is 0 Å². The summed E-state index contributed by atoms with van der Waals surface area (Å²) >= 11 is 3.49. The normalized spacial score (nSPS) is 13.8. The average molecular weight is 320 g/mol. The third-order valence-corrected chi connectivity index (χ3v) is 3.54. The molecule has 19 heavy (non-hydrogen) atoms. The van der Waals surface area contributed by atoms with E-state index in [1.165, 1.54) is 0 Å². The van der Waals surface area contributed by atoms with E-state index in [1.807, 2.05) is 48.5 Å². The Morgan fingerprint density at radius 2 is 1.84 bits per heavy atom. The molecule has 0 aliphatic carbocycles. The predicted molar refractivity (Wildman–Crippen MR) is 82.2 cm³/mol. The van der Waals surface area contributed by atoms with Gasteiger partial charge in [-0.3, -0.25) is 0 Å². The Morgan fingerprint density at radius 1 is 1.11 bits per heavy atom. The van der Waals surface area contributed by atoms with E-state index < -0.39 is 0 Å². The molecule has 0 aromatic heterocycles. The molecule has 2 unspecified atom stereocenters.